The van der Waals surface area contributed by atoms with Crippen LogP contribution in [0.25, 0.3) is 0 Å². The van der Waals surface area contributed by atoms with Gasteiger partial charge in [0.15, 0.2) is 0 Å². The molecule has 2 atom stereocenters. The highest BCUT2D eigenvalue weighted by Crippen LogP contribution is 2.34. The van der Waals surface area contributed by atoms with Crippen LogP contribution in [0.4, 0.5) is 8.78 Å². The minimum Gasteiger partial charge on any atom is -0.456 e. The van der Waals surface area contributed by atoms with Crippen molar-refractivity contribution in [3.05, 3.63) is 71.8 Å². The van der Waals surface area contributed by atoms with Crippen molar-refractivity contribution in [1.29, 1.82) is 0 Å². The molecule has 0 bridgehead atoms. The molecule has 2 aromatic carbocycles. The molecule has 0 saturated carbocycles. The maximum Gasteiger partial charge on any atom is 0.328 e. The molecule has 138 valence electrons. The molecule has 1 aliphatic rings. The second-order valence-electron chi connectivity index (χ2n) is 6.69. The Hall–Kier alpha value is -2.27. The van der Waals surface area contributed by atoms with Crippen LogP contribution in [-0.2, 0) is 9.53 Å². The normalized spacial score (nSPS) is 19.5. The second kappa shape index (κ2) is 7.96. The largest absolute Gasteiger partial charge is 0.456 e. The van der Waals surface area contributed by atoms with Gasteiger partial charge in [0.05, 0.1) is 0 Å². The Labute approximate surface area is 152 Å². The highest BCUT2D eigenvalue weighted by Gasteiger charge is 2.39. The molecule has 2 unspecified atom stereocenters. The maximum absolute atomic E-state index is 13.5. The molecule has 3 rings (SSSR count). The molecule has 0 aliphatic carbocycles. The highest BCUT2D eigenvalue weighted by molar-refractivity contribution is 5.78. The number of alkyl halides is 2. The van der Waals surface area contributed by atoms with Crippen LogP contribution in [0.15, 0.2) is 60.7 Å². The van der Waals surface area contributed by atoms with Crippen LogP contribution in [0.2, 0.25) is 0 Å². The summed E-state index contributed by atoms with van der Waals surface area (Å²) in [6.45, 7) is 2.16. The Balaban J connectivity index is 1.78. The Kier molecular flexibility index (Phi) is 5.67. The van der Waals surface area contributed by atoms with Gasteiger partial charge in [0.1, 0.15) is 12.1 Å². The molecule has 2 aromatic rings. The summed E-state index contributed by atoms with van der Waals surface area (Å²) in [4.78, 5) is 14.7. The van der Waals surface area contributed by atoms with Crippen LogP contribution in [-0.4, -0.2) is 29.9 Å². The van der Waals surface area contributed by atoms with E-state index in [9.17, 15) is 13.6 Å². The smallest absolute Gasteiger partial charge is 0.328 e. The molecule has 1 heterocycles. The molecule has 0 spiro atoms. The van der Waals surface area contributed by atoms with Gasteiger partial charge in [-0.25, -0.2) is 13.6 Å². The Bertz CT molecular complexity index is 711. The number of halogens is 2. The van der Waals surface area contributed by atoms with Crippen molar-refractivity contribution in [2.75, 3.05) is 13.1 Å². The van der Waals surface area contributed by atoms with Crippen molar-refractivity contribution >= 4 is 5.97 Å². The summed E-state index contributed by atoms with van der Waals surface area (Å²) in [7, 11) is 0. The lowest BCUT2D eigenvalue weighted by atomic mass is 10.00. The summed E-state index contributed by atoms with van der Waals surface area (Å²) in [6, 6.07) is 18.0. The van der Waals surface area contributed by atoms with E-state index in [0.717, 1.165) is 11.1 Å². The minimum atomic E-state index is -2.65. The van der Waals surface area contributed by atoms with E-state index in [2.05, 4.69) is 0 Å². The molecule has 26 heavy (non-hydrogen) atoms. The third-order valence-electron chi connectivity index (χ3n) is 4.80. The lowest BCUT2D eigenvalue weighted by molar-refractivity contribution is -0.158. The number of rotatable bonds is 5. The first-order valence-electron chi connectivity index (χ1n) is 8.88. The SMILES string of the molecule is CC(OC(=O)C(c1ccccc1)N1CCC(F)(F)CC1)c1ccccc1. The van der Waals surface area contributed by atoms with E-state index in [0.29, 0.717) is 0 Å². The van der Waals surface area contributed by atoms with Crippen LogP contribution < -0.4 is 0 Å². The third-order valence-corrected chi connectivity index (χ3v) is 4.80. The van der Waals surface area contributed by atoms with Crippen molar-refractivity contribution in [2.45, 2.75) is 37.8 Å². The Morgan fingerprint density at radius 2 is 1.46 bits per heavy atom. The van der Waals surface area contributed by atoms with Gasteiger partial charge in [-0.2, -0.15) is 0 Å². The number of likely N-dealkylation sites (tertiary alicyclic amines) is 1. The summed E-state index contributed by atoms with van der Waals surface area (Å²) in [5.41, 5.74) is 1.67. The topological polar surface area (TPSA) is 29.5 Å². The fourth-order valence-corrected chi connectivity index (χ4v) is 3.27. The third kappa shape index (κ3) is 4.47. The summed E-state index contributed by atoms with van der Waals surface area (Å²) in [6.07, 6.45) is -0.878. The standard InChI is InChI=1S/C21H23F2NO2/c1-16(17-8-4-2-5-9-17)26-20(25)19(18-10-6-3-7-11-18)24-14-12-21(22,23)13-15-24/h2-11,16,19H,12-15H2,1H3. The number of hydrogen-bond acceptors (Lipinski definition) is 3. The van der Waals surface area contributed by atoms with Crippen LogP contribution >= 0.6 is 0 Å². The van der Waals surface area contributed by atoms with E-state index in [-0.39, 0.29) is 25.9 Å². The van der Waals surface area contributed by atoms with Crippen molar-refractivity contribution in [3.8, 4) is 0 Å². The van der Waals surface area contributed by atoms with Crippen molar-refractivity contribution in [2.24, 2.45) is 0 Å². The molecular formula is C21H23F2NO2. The van der Waals surface area contributed by atoms with E-state index >= 15 is 0 Å². The van der Waals surface area contributed by atoms with Gasteiger partial charge in [-0.1, -0.05) is 60.7 Å². The highest BCUT2D eigenvalue weighted by atomic mass is 19.3. The van der Waals surface area contributed by atoms with Crippen LogP contribution in [0.3, 0.4) is 0 Å². The zero-order valence-corrected chi connectivity index (χ0v) is 14.8. The molecule has 5 heteroatoms. The monoisotopic (exact) mass is 359 g/mol. The quantitative estimate of drug-likeness (QED) is 0.721. The molecule has 0 radical (unpaired) electrons. The summed E-state index contributed by atoms with van der Waals surface area (Å²) >= 11 is 0. The summed E-state index contributed by atoms with van der Waals surface area (Å²) < 4.78 is 32.8. The maximum atomic E-state index is 13.5. The fourth-order valence-electron chi connectivity index (χ4n) is 3.27. The molecular weight excluding hydrogens is 336 g/mol. The molecule has 0 amide bonds. The lowest BCUT2D eigenvalue weighted by Gasteiger charge is -2.36. The number of benzene rings is 2. The number of carbonyl (C=O) groups is 1. The number of esters is 1. The first-order valence-corrected chi connectivity index (χ1v) is 8.88. The van der Waals surface area contributed by atoms with E-state index in [1.807, 2.05) is 67.6 Å². The summed E-state index contributed by atoms with van der Waals surface area (Å²) in [5, 5.41) is 0. The van der Waals surface area contributed by atoms with Gasteiger partial charge in [-0.05, 0) is 18.1 Å². The molecule has 0 N–H and O–H groups in total. The second-order valence-corrected chi connectivity index (χ2v) is 6.69. The zero-order chi connectivity index (χ0) is 18.6. The van der Waals surface area contributed by atoms with Gasteiger partial charge in [0, 0.05) is 25.9 Å². The number of nitrogens with zero attached hydrogens (tertiary/aromatic N) is 1. The van der Waals surface area contributed by atoms with Crippen molar-refractivity contribution in [1.82, 2.24) is 4.90 Å². The molecule has 1 fully saturated rings. The molecule has 0 aromatic heterocycles. The molecule has 3 nitrogen and oxygen atoms in total. The Morgan fingerprint density at radius 3 is 2.00 bits per heavy atom. The van der Waals surface area contributed by atoms with Gasteiger partial charge in [0.25, 0.3) is 5.92 Å². The van der Waals surface area contributed by atoms with Crippen LogP contribution in [0, 0.1) is 0 Å². The Morgan fingerprint density at radius 1 is 0.962 bits per heavy atom. The zero-order valence-electron chi connectivity index (χ0n) is 14.8. The number of ether oxygens (including phenoxy) is 1. The van der Waals surface area contributed by atoms with E-state index < -0.39 is 24.0 Å². The van der Waals surface area contributed by atoms with E-state index in [1.165, 1.54) is 0 Å². The molecule has 1 aliphatic heterocycles. The average Bonchev–Trinajstić information content (AvgIpc) is 2.65. The fraction of sp³-hybridized carbons (Fsp3) is 0.381. The van der Waals surface area contributed by atoms with E-state index in [4.69, 9.17) is 4.74 Å². The lowest BCUT2D eigenvalue weighted by Crippen LogP contribution is -2.44. The minimum absolute atomic E-state index is 0.168. The predicted octanol–water partition coefficient (Wildman–Crippen LogP) is 4.76. The van der Waals surface area contributed by atoms with Crippen LogP contribution in [0.5, 0.6) is 0 Å². The van der Waals surface area contributed by atoms with Gasteiger partial charge in [-0.15, -0.1) is 0 Å². The van der Waals surface area contributed by atoms with Crippen molar-refractivity contribution < 1.29 is 18.3 Å². The summed E-state index contributed by atoms with van der Waals surface area (Å²) in [5.74, 6) is -3.06. The predicted molar refractivity (Wildman–Crippen MR) is 95.9 cm³/mol. The van der Waals surface area contributed by atoms with Gasteiger partial charge < -0.3 is 4.74 Å². The number of hydrogen-bond donors (Lipinski definition) is 0. The van der Waals surface area contributed by atoms with Gasteiger partial charge in [0.2, 0.25) is 0 Å². The number of carbonyl (C=O) groups excluding carboxylic acids is 1. The van der Waals surface area contributed by atoms with Gasteiger partial charge >= 0.3 is 5.97 Å². The first kappa shape index (κ1) is 18.5. The molecule has 1 saturated heterocycles. The van der Waals surface area contributed by atoms with Crippen LogP contribution in [0.1, 0.15) is 43.0 Å². The van der Waals surface area contributed by atoms with Crippen molar-refractivity contribution in [3.63, 3.8) is 0 Å². The number of piperidine rings is 1. The van der Waals surface area contributed by atoms with Gasteiger partial charge in [-0.3, -0.25) is 4.90 Å². The van der Waals surface area contributed by atoms with E-state index in [1.54, 1.807) is 4.90 Å². The first-order chi connectivity index (χ1) is 12.5. The average molecular weight is 359 g/mol.